The monoisotopic (exact) mass is 325 g/mol. The van der Waals surface area contributed by atoms with Crippen LogP contribution in [-0.2, 0) is 39.6 Å². The summed E-state index contributed by atoms with van der Waals surface area (Å²) >= 11 is -1.59. The Morgan fingerprint density at radius 1 is 1.00 bits per heavy atom. The first kappa shape index (κ1) is 22.1. The molecule has 0 heterocycles. The molecule has 0 atom stereocenters. The quantitative estimate of drug-likeness (QED) is 0.389. The first-order chi connectivity index (χ1) is 9.22. The SMILES string of the molecule is CCOC(=O)CC(C)=O.C[CH2][Ti]([O]C(C)C)[O]C(C)C. The summed E-state index contributed by atoms with van der Waals surface area (Å²) in [5.41, 5.74) is 0. The zero-order valence-corrected chi connectivity index (χ0v) is 15.4. The molecule has 0 unspecified atom stereocenters. The van der Waals surface area contributed by atoms with Gasteiger partial charge in [0.05, 0.1) is 6.61 Å². The molecule has 0 spiro atoms. The molecule has 5 nitrogen and oxygen atoms in total. The first-order valence-electron chi connectivity index (χ1n) is 7.06. The number of hydrogen-bond acceptors (Lipinski definition) is 5. The van der Waals surface area contributed by atoms with Crippen LogP contribution in [0.5, 0.6) is 0 Å². The minimum absolute atomic E-state index is 0.103. The number of Topliss-reactive ketones (excluding diaryl/α,β-unsaturated/α-hetero) is 1. The van der Waals surface area contributed by atoms with Crippen molar-refractivity contribution >= 4 is 11.8 Å². The standard InChI is InChI=1S/C6H10O3.2C3H7O.C2H5.Ti/c1-3-9-6(8)4-5(2)7;2*1-3(2)4;1-2;/h3-4H2,1-2H3;2*3H,1-2H3;1H2,2H3;/q;2*-1;;+2. The third-order valence-electron chi connectivity index (χ3n) is 1.72. The fourth-order valence-corrected chi connectivity index (χ4v) is 3.38. The molecule has 0 aliphatic rings. The van der Waals surface area contributed by atoms with Crippen molar-refractivity contribution in [3.63, 3.8) is 0 Å². The topological polar surface area (TPSA) is 61.8 Å². The van der Waals surface area contributed by atoms with Crippen LogP contribution in [0.1, 0.15) is 54.9 Å². The summed E-state index contributed by atoms with van der Waals surface area (Å²) in [7, 11) is 0. The molecule has 0 aliphatic heterocycles. The number of hydrogen-bond donors (Lipinski definition) is 0. The normalized spacial score (nSPS) is 10.1. The molecule has 0 aliphatic carbocycles. The Hall–Kier alpha value is -0.226. The third-order valence-corrected chi connectivity index (χ3v) is 4.92. The van der Waals surface area contributed by atoms with E-state index in [1.165, 1.54) is 6.92 Å². The van der Waals surface area contributed by atoms with E-state index in [0.29, 0.717) is 18.8 Å². The molecule has 0 bridgehead atoms. The second kappa shape index (κ2) is 13.7. The molecule has 0 aromatic rings. The molecule has 0 rings (SSSR count). The summed E-state index contributed by atoms with van der Waals surface area (Å²) in [4.78, 5) is 20.6. The summed E-state index contributed by atoms with van der Waals surface area (Å²) in [6.45, 7) is 13.8. The molecule has 0 amide bonds. The van der Waals surface area contributed by atoms with Gasteiger partial charge in [0.15, 0.2) is 0 Å². The molecule has 6 heteroatoms. The molecular formula is C14H29O5Ti. The van der Waals surface area contributed by atoms with Crippen molar-refractivity contribution in [3.8, 4) is 0 Å². The van der Waals surface area contributed by atoms with E-state index in [-0.39, 0.29) is 12.2 Å². The molecular weight excluding hydrogens is 296 g/mol. The summed E-state index contributed by atoms with van der Waals surface area (Å²) < 4.78 is 16.9. The van der Waals surface area contributed by atoms with Crippen LogP contribution in [0.2, 0.25) is 4.73 Å². The molecule has 0 saturated heterocycles. The molecule has 0 saturated carbocycles. The fraction of sp³-hybridized carbons (Fsp3) is 0.857. The summed E-state index contributed by atoms with van der Waals surface area (Å²) in [5.74, 6) is -0.599. The van der Waals surface area contributed by atoms with E-state index in [9.17, 15) is 9.59 Å². The van der Waals surface area contributed by atoms with Crippen molar-refractivity contribution < 1.29 is 39.6 Å². The zero-order valence-electron chi connectivity index (χ0n) is 13.8. The van der Waals surface area contributed by atoms with E-state index in [4.69, 9.17) is 6.64 Å². The van der Waals surface area contributed by atoms with Crippen molar-refractivity contribution in [3.05, 3.63) is 0 Å². The number of esters is 1. The second-order valence-corrected chi connectivity index (χ2v) is 7.74. The van der Waals surface area contributed by atoms with Gasteiger partial charge in [-0.25, -0.2) is 0 Å². The van der Waals surface area contributed by atoms with Crippen LogP contribution in [0.25, 0.3) is 0 Å². The zero-order chi connectivity index (χ0) is 16.1. The third kappa shape index (κ3) is 17.8. The summed E-state index contributed by atoms with van der Waals surface area (Å²) in [5, 5.41) is 0. The van der Waals surface area contributed by atoms with E-state index >= 15 is 0 Å². The molecule has 0 fully saturated rings. The van der Waals surface area contributed by atoms with Gasteiger partial charge in [0.25, 0.3) is 0 Å². The maximum absolute atomic E-state index is 10.4. The molecule has 0 aromatic carbocycles. The Morgan fingerprint density at radius 3 is 1.70 bits per heavy atom. The van der Waals surface area contributed by atoms with Gasteiger partial charge in [-0.1, -0.05) is 0 Å². The van der Waals surface area contributed by atoms with Crippen molar-refractivity contribution in [1.29, 1.82) is 0 Å². The van der Waals surface area contributed by atoms with Gasteiger partial charge in [-0.15, -0.1) is 0 Å². The van der Waals surface area contributed by atoms with Crippen LogP contribution >= 0.6 is 0 Å². The maximum atomic E-state index is 10.4. The Balaban J connectivity index is 0. The van der Waals surface area contributed by atoms with Gasteiger partial charge in [0.2, 0.25) is 0 Å². The Labute approximate surface area is 130 Å². The van der Waals surface area contributed by atoms with Crippen molar-refractivity contribution in [2.24, 2.45) is 0 Å². The predicted molar refractivity (Wildman–Crippen MR) is 74.9 cm³/mol. The van der Waals surface area contributed by atoms with Gasteiger partial charge in [-0.2, -0.15) is 0 Å². The average Bonchev–Trinajstić information content (AvgIpc) is 2.26. The van der Waals surface area contributed by atoms with E-state index < -0.39 is 24.6 Å². The van der Waals surface area contributed by atoms with Crippen LogP contribution in [0.4, 0.5) is 0 Å². The van der Waals surface area contributed by atoms with Gasteiger partial charge in [0, 0.05) is 0 Å². The first-order valence-corrected chi connectivity index (χ1v) is 9.44. The second-order valence-electron chi connectivity index (χ2n) is 4.74. The van der Waals surface area contributed by atoms with Crippen molar-refractivity contribution in [2.45, 2.75) is 71.8 Å². The Kier molecular flexibility index (Phi) is 15.2. The van der Waals surface area contributed by atoms with E-state index in [0.717, 1.165) is 4.73 Å². The Bertz CT molecular complexity index is 256. The molecule has 0 N–H and O–H groups in total. The average molecular weight is 325 g/mol. The van der Waals surface area contributed by atoms with E-state index in [1.807, 2.05) is 0 Å². The Morgan fingerprint density at radius 2 is 1.45 bits per heavy atom. The van der Waals surface area contributed by atoms with Crippen molar-refractivity contribution in [1.82, 2.24) is 0 Å². The molecule has 0 aromatic heterocycles. The van der Waals surface area contributed by atoms with E-state index in [1.54, 1.807) is 6.92 Å². The molecule has 20 heavy (non-hydrogen) atoms. The molecule has 0 radical (unpaired) electrons. The number of carbonyl (C=O) groups excluding carboxylic acids is 2. The number of ketones is 1. The van der Waals surface area contributed by atoms with Gasteiger partial charge >= 0.3 is 82.8 Å². The minimum atomic E-state index is -1.59. The predicted octanol–water partition coefficient (Wildman–Crippen LogP) is 3.25. The number of ether oxygens (including phenoxy) is 1. The van der Waals surface area contributed by atoms with Crippen LogP contribution in [0.3, 0.4) is 0 Å². The molecule has 119 valence electrons. The van der Waals surface area contributed by atoms with Crippen LogP contribution in [0, 0.1) is 0 Å². The van der Waals surface area contributed by atoms with Crippen molar-refractivity contribution in [2.75, 3.05) is 6.61 Å². The van der Waals surface area contributed by atoms with E-state index in [2.05, 4.69) is 39.4 Å². The fourth-order valence-electron chi connectivity index (χ4n) is 1.14. The van der Waals surface area contributed by atoms with Crippen LogP contribution in [-0.4, -0.2) is 30.6 Å². The van der Waals surface area contributed by atoms with Gasteiger partial charge in [0.1, 0.15) is 12.2 Å². The van der Waals surface area contributed by atoms with Gasteiger partial charge in [-0.3, -0.25) is 9.59 Å². The van der Waals surface area contributed by atoms with Gasteiger partial charge in [-0.05, 0) is 13.8 Å². The summed E-state index contributed by atoms with van der Waals surface area (Å²) in [6, 6.07) is 0. The van der Waals surface area contributed by atoms with Crippen LogP contribution < -0.4 is 0 Å². The summed E-state index contributed by atoms with van der Waals surface area (Å²) in [6.07, 6.45) is 0.542. The van der Waals surface area contributed by atoms with Crippen LogP contribution in [0.15, 0.2) is 0 Å². The number of carbonyl (C=O) groups is 2. The number of rotatable bonds is 8. The van der Waals surface area contributed by atoms with Gasteiger partial charge < -0.3 is 4.74 Å².